The summed E-state index contributed by atoms with van der Waals surface area (Å²) in [7, 11) is 0. The molecule has 6 nitrogen and oxygen atoms in total. The van der Waals surface area contributed by atoms with Crippen LogP contribution < -0.4 is 10.9 Å². The number of nitrogens with one attached hydrogen (secondary N) is 1. The van der Waals surface area contributed by atoms with Gasteiger partial charge in [-0.05, 0) is 18.2 Å². The highest BCUT2D eigenvalue weighted by atomic mass is 32.1. The fourth-order valence-corrected chi connectivity index (χ4v) is 2.61. The maximum absolute atomic E-state index is 11.9. The maximum Gasteiger partial charge on any atom is 0.267 e. The van der Waals surface area contributed by atoms with E-state index in [0.717, 1.165) is 14.9 Å². The topological polar surface area (TPSA) is 76.9 Å². The molecule has 2 aromatic heterocycles. The molecule has 0 radical (unpaired) electrons. The Morgan fingerprint density at radius 1 is 1.25 bits per heavy atom. The summed E-state index contributed by atoms with van der Waals surface area (Å²) in [5, 5.41) is 7.02. The van der Waals surface area contributed by atoms with Crippen molar-refractivity contribution in [3.05, 3.63) is 52.9 Å². The molecule has 0 bridgehead atoms. The number of rotatable bonds is 3. The van der Waals surface area contributed by atoms with E-state index >= 15 is 0 Å². The van der Waals surface area contributed by atoms with Crippen LogP contribution in [-0.2, 0) is 11.3 Å². The van der Waals surface area contributed by atoms with Gasteiger partial charge in [0.1, 0.15) is 6.54 Å². The van der Waals surface area contributed by atoms with E-state index in [2.05, 4.69) is 15.4 Å². The van der Waals surface area contributed by atoms with Gasteiger partial charge in [-0.15, -0.1) is 0 Å². The molecular weight excluding hydrogens is 276 g/mol. The van der Waals surface area contributed by atoms with Crippen LogP contribution in [0.3, 0.4) is 0 Å². The van der Waals surface area contributed by atoms with Crippen molar-refractivity contribution in [1.29, 1.82) is 0 Å². The zero-order valence-electron chi connectivity index (χ0n) is 10.3. The van der Waals surface area contributed by atoms with E-state index in [1.807, 2.05) is 24.3 Å². The van der Waals surface area contributed by atoms with E-state index in [1.165, 1.54) is 29.7 Å². The Kier molecular flexibility index (Phi) is 3.26. The van der Waals surface area contributed by atoms with Crippen LogP contribution in [0.1, 0.15) is 0 Å². The number of fused-ring (bicyclic) bond motifs is 1. The minimum absolute atomic E-state index is 0.129. The minimum atomic E-state index is -0.329. The summed E-state index contributed by atoms with van der Waals surface area (Å²) in [5.41, 5.74) is 0.523. The van der Waals surface area contributed by atoms with Crippen LogP contribution in [0.25, 0.3) is 10.2 Å². The fourth-order valence-electron chi connectivity index (χ4n) is 1.73. The molecule has 0 saturated heterocycles. The number of para-hydroxylation sites is 1. The largest absolute Gasteiger partial charge is 0.300 e. The molecule has 20 heavy (non-hydrogen) atoms. The highest BCUT2D eigenvalue weighted by Crippen LogP contribution is 2.25. The van der Waals surface area contributed by atoms with E-state index in [-0.39, 0.29) is 18.0 Å². The Morgan fingerprint density at radius 3 is 2.90 bits per heavy atom. The molecule has 0 aliphatic carbocycles. The highest BCUT2D eigenvalue weighted by molar-refractivity contribution is 7.22. The van der Waals surface area contributed by atoms with E-state index in [1.54, 1.807) is 0 Å². The van der Waals surface area contributed by atoms with Crippen LogP contribution in [0, 0.1) is 0 Å². The molecule has 0 fully saturated rings. The summed E-state index contributed by atoms with van der Waals surface area (Å²) in [6.45, 7) is -0.129. The molecule has 1 amide bonds. The van der Waals surface area contributed by atoms with Crippen molar-refractivity contribution >= 4 is 32.6 Å². The molecule has 0 saturated carbocycles. The van der Waals surface area contributed by atoms with Crippen molar-refractivity contribution < 1.29 is 4.79 Å². The predicted octanol–water partition coefficient (Wildman–Crippen LogP) is 1.49. The quantitative estimate of drug-likeness (QED) is 0.791. The summed E-state index contributed by atoms with van der Waals surface area (Å²) >= 11 is 1.39. The van der Waals surface area contributed by atoms with Gasteiger partial charge in [-0.25, -0.2) is 9.67 Å². The molecule has 3 rings (SSSR count). The van der Waals surface area contributed by atoms with E-state index in [0.29, 0.717) is 5.13 Å². The highest BCUT2D eigenvalue weighted by Gasteiger charge is 2.09. The summed E-state index contributed by atoms with van der Waals surface area (Å²) in [6.07, 6.45) is 1.46. The van der Waals surface area contributed by atoms with Crippen LogP contribution in [0.2, 0.25) is 0 Å². The lowest BCUT2D eigenvalue weighted by atomic mass is 10.3. The average Bonchev–Trinajstić information content (AvgIpc) is 2.83. The number of carbonyl (C=O) groups excluding carboxylic acids is 1. The molecule has 1 aromatic carbocycles. The Morgan fingerprint density at radius 2 is 2.10 bits per heavy atom. The third kappa shape index (κ3) is 2.57. The first-order chi connectivity index (χ1) is 9.72. The lowest BCUT2D eigenvalue weighted by Gasteiger charge is -2.02. The molecule has 7 heteroatoms. The number of carbonyl (C=O) groups is 1. The zero-order chi connectivity index (χ0) is 13.9. The smallest absolute Gasteiger partial charge is 0.267 e. The number of benzene rings is 1. The van der Waals surface area contributed by atoms with Gasteiger partial charge in [0.15, 0.2) is 5.13 Å². The summed E-state index contributed by atoms with van der Waals surface area (Å²) in [5.74, 6) is -0.329. The summed E-state index contributed by atoms with van der Waals surface area (Å²) < 4.78 is 2.10. The van der Waals surface area contributed by atoms with Crippen molar-refractivity contribution in [2.24, 2.45) is 0 Å². The van der Waals surface area contributed by atoms with Gasteiger partial charge in [0, 0.05) is 12.3 Å². The Balaban J connectivity index is 1.76. The van der Waals surface area contributed by atoms with Crippen LogP contribution in [0.5, 0.6) is 0 Å². The van der Waals surface area contributed by atoms with Gasteiger partial charge in [0.2, 0.25) is 5.91 Å². The number of nitrogens with zero attached hydrogens (tertiary/aromatic N) is 3. The van der Waals surface area contributed by atoms with Crippen LogP contribution in [0.4, 0.5) is 5.13 Å². The molecular formula is C13H10N4O2S. The number of thiazole rings is 1. The molecule has 100 valence electrons. The third-order valence-electron chi connectivity index (χ3n) is 2.62. The number of aromatic nitrogens is 3. The third-order valence-corrected chi connectivity index (χ3v) is 3.57. The van der Waals surface area contributed by atoms with E-state index in [4.69, 9.17) is 0 Å². The summed E-state index contributed by atoms with van der Waals surface area (Å²) in [6, 6.07) is 10.5. The first kappa shape index (κ1) is 12.5. The lowest BCUT2D eigenvalue weighted by Crippen LogP contribution is -2.28. The predicted molar refractivity (Wildman–Crippen MR) is 76.7 cm³/mol. The van der Waals surface area contributed by atoms with Gasteiger partial charge in [-0.1, -0.05) is 23.5 Å². The second-order valence-electron chi connectivity index (χ2n) is 4.05. The first-order valence-corrected chi connectivity index (χ1v) is 6.71. The van der Waals surface area contributed by atoms with Gasteiger partial charge >= 0.3 is 0 Å². The van der Waals surface area contributed by atoms with Crippen molar-refractivity contribution in [1.82, 2.24) is 14.8 Å². The Labute approximate surface area is 117 Å². The van der Waals surface area contributed by atoms with Crippen molar-refractivity contribution in [2.45, 2.75) is 6.54 Å². The zero-order valence-corrected chi connectivity index (χ0v) is 11.1. The first-order valence-electron chi connectivity index (χ1n) is 5.90. The number of amides is 1. The molecule has 2 heterocycles. The Bertz CT molecular complexity index is 791. The lowest BCUT2D eigenvalue weighted by molar-refractivity contribution is -0.117. The van der Waals surface area contributed by atoms with Crippen molar-refractivity contribution in [3.63, 3.8) is 0 Å². The number of anilines is 1. The molecule has 0 unspecified atom stereocenters. The summed E-state index contributed by atoms with van der Waals surface area (Å²) in [4.78, 5) is 27.6. The molecule has 0 aliphatic rings. The average molecular weight is 286 g/mol. The van der Waals surface area contributed by atoms with Gasteiger partial charge in [-0.2, -0.15) is 5.10 Å². The Hall–Kier alpha value is -2.54. The second kappa shape index (κ2) is 5.22. The number of hydrogen-bond donors (Lipinski definition) is 1. The van der Waals surface area contributed by atoms with Gasteiger partial charge in [0.25, 0.3) is 5.56 Å². The minimum Gasteiger partial charge on any atom is -0.300 e. The SMILES string of the molecule is O=C(Cn1ncccc1=O)Nc1nc2ccccc2s1. The van der Waals surface area contributed by atoms with E-state index in [9.17, 15) is 9.59 Å². The van der Waals surface area contributed by atoms with Gasteiger partial charge < -0.3 is 5.32 Å². The molecule has 3 aromatic rings. The molecule has 1 N–H and O–H groups in total. The van der Waals surface area contributed by atoms with Gasteiger partial charge in [-0.3, -0.25) is 9.59 Å². The normalized spacial score (nSPS) is 10.6. The molecule has 0 aliphatic heterocycles. The van der Waals surface area contributed by atoms with Crippen LogP contribution in [0.15, 0.2) is 47.4 Å². The number of hydrogen-bond acceptors (Lipinski definition) is 5. The maximum atomic E-state index is 11.9. The van der Waals surface area contributed by atoms with Crippen LogP contribution in [-0.4, -0.2) is 20.7 Å². The van der Waals surface area contributed by atoms with Gasteiger partial charge in [0.05, 0.1) is 10.2 Å². The second-order valence-corrected chi connectivity index (χ2v) is 5.09. The standard InChI is InChI=1S/C13H10N4O2S/c18-11(8-17-12(19)6-3-7-14-17)16-13-15-9-4-1-2-5-10(9)20-13/h1-7H,8H2,(H,15,16,18). The van der Waals surface area contributed by atoms with E-state index < -0.39 is 0 Å². The van der Waals surface area contributed by atoms with Crippen molar-refractivity contribution in [3.8, 4) is 0 Å². The monoisotopic (exact) mass is 286 g/mol. The molecule has 0 spiro atoms. The van der Waals surface area contributed by atoms with Crippen molar-refractivity contribution in [2.75, 3.05) is 5.32 Å². The molecule has 0 atom stereocenters. The van der Waals surface area contributed by atoms with Crippen LogP contribution >= 0.6 is 11.3 Å². The fraction of sp³-hybridized carbons (Fsp3) is 0.0769.